The Morgan fingerprint density at radius 3 is 2.45 bits per heavy atom. The van der Waals surface area contributed by atoms with E-state index in [1.54, 1.807) is 19.1 Å². The van der Waals surface area contributed by atoms with Crippen LogP contribution in [0.5, 0.6) is 5.75 Å². The molecule has 1 aromatic heterocycles. The van der Waals surface area contributed by atoms with Gasteiger partial charge >= 0.3 is 17.8 Å². The smallest absolute Gasteiger partial charge is 0.417 e. The molecule has 0 aliphatic carbocycles. The molecule has 0 saturated carbocycles. The van der Waals surface area contributed by atoms with Crippen molar-refractivity contribution in [3.05, 3.63) is 75.6 Å². The highest BCUT2D eigenvalue weighted by Gasteiger charge is 2.48. The predicted octanol–water partition coefficient (Wildman–Crippen LogP) is 5.78. The van der Waals surface area contributed by atoms with Gasteiger partial charge in [0.25, 0.3) is 5.91 Å². The highest BCUT2D eigenvalue weighted by Crippen LogP contribution is 2.37. The second-order valence-corrected chi connectivity index (χ2v) is 9.43. The second-order valence-electron chi connectivity index (χ2n) is 9.43. The summed E-state index contributed by atoms with van der Waals surface area (Å²) in [5.41, 5.74) is -2.17. The van der Waals surface area contributed by atoms with Crippen LogP contribution in [0.1, 0.15) is 56.2 Å². The van der Waals surface area contributed by atoms with Crippen LogP contribution >= 0.6 is 0 Å². The van der Waals surface area contributed by atoms with E-state index in [9.17, 15) is 27.6 Å². The molecule has 3 amide bonds. The highest BCUT2D eigenvalue weighted by molar-refractivity contribution is 6.07. The van der Waals surface area contributed by atoms with Crippen LogP contribution in [0.2, 0.25) is 0 Å². The molecule has 7 nitrogen and oxygen atoms in total. The number of imide groups is 1. The molecule has 202 valence electrons. The van der Waals surface area contributed by atoms with Crippen molar-refractivity contribution in [3.63, 3.8) is 0 Å². The van der Waals surface area contributed by atoms with E-state index in [0.717, 1.165) is 0 Å². The Hall–Kier alpha value is -3.82. The van der Waals surface area contributed by atoms with Crippen LogP contribution in [0.4, 0.5) is 18.0 Å². The molecule has 1 aliphatic heterocycles. The number of nitrogens with one attached hydrogen (secondary N) is 1. The van der Waals surface area contributed by atoms with Gasteiger partial charge in [-0.2, -0.15) is 13.2 Å². The fourth-order valence-corrected chi connectivity index (χ4v) is 4.72. The zero-order valence-corrected chi connectivity index (χ0v) is 21.2. The number of amides is 3. The van der Waals surface area contributed by atoms with Crippen molar-refractivity contribution >= 4 is 22.9 Å². The van der Waals surface area contributed by atoms with Crippen LogP contribution < -0.4 is 15.7 Å². The quantitative estimate of drug-likeness (QED) is 0.204. The van der Waals surface area contributed by atoms with Gasteiger partial charge in [-0.25, -0.2) is 9.59 Å². The Labute approximate surface area is 217 Å². The summed E-state index contributed by atoms with van der Waals surface area (Å²) in [6, 6.07) is 11.8. The fourth-order valence-electron chi connectivity index (χ4n) is 4.72. The number of alkyl halides is 3. The Morgan fingerprint density at radius 2 is 1.76 bits per heavy atom. The first-order valence-corrected chi connectivity index (χ1v) is 12.6. The van der Waals surface area contributed by atoms with Crippen molar-refractivity contribution in [1.29, 1.82) is 0 Å². The van der Waals surface area contributed by atoms with Crippen molar-refractivity contribution in [2.45, 2.75) is 57.7 Å². The molecule has 0 radical (unpaired) electrons. The summed E-state index contributed by atoms with van der Waals surface area (Å²) in [6.45, 7) is 4.09. The Kier molecular flexibility index (Phi) is 7.80. The van der Waals surface area contributed by atoms with E-state index in [2.05, 4.69) is 5.32 Å². The Morgan fingerprint density at radius 1 is 1.03 bits per heavy atom. The number of benzene rings is 2. The zero-order valence-electron chi connectivity index (χ0n) is 21.2. The third-order valence-electron chi connectivity index (χ3n) is 6.69. The summed E-state index contributed by atoms with van der Waals surface area (Å²) < 4.78 is 51.4. The molecule has 0 bridgehead atoms. The summed E-state index contributed by atoms with van der Waals surface area (Å²) >= 11 is 0. The van der Waals surface area contributed by atoms with E-state index < -0.39 is 28.9 Å². The number of aryl methyl sites for hydroxylation is 1. The molecular weight excluding hydrogens is 501 g/mol. The number of hydrogen-bond acceptors (Lipinski definition) is 5. The van der Waals surface area contributed by atoms with Gasteiger partial charge in [-0.05, 0) is 50.3 Å². The third kappa shape index (κ3) is 5.39. The van der Waals surface area contributed by atoms with E-state index in [0.29, 0.717) is 55.0 Å². The molecule has 0 spiro atoms. The number of nitrogens with zero attached hydrogens (tertiary/aromatic N) is 1. The van der Waals surface area contributed by atoms with Gasteiger partial charge in [-0.15, -0.1) is 0 Å². The van der Waals surface area contributed by atoms with Crippen LogP contribution in [0.25, 0.3) is 11.0 Å². The zero-order chi connectivity index (χ0) is 27.5. The molecule has 2 aromatic carbocycles. The summed E-state index contributed by atoms with van der Waals surface area (Å²) in [7, 11) is 0. The number of urea groups is 1. The number of ether oxygens (including phenoxy) is 1. The molecule has 10 heteroatoms. The second kappa shape index (κ2) is 10.9. The number of hydrogen-bond donors (Lipinski definition) is 1. The topological polar surface area (TPSA) is 88.9 Å². The monoisotopic (exact) mass is 530 g/mol. The Bertz CT molecular complexity index is 1390. The number of carbonyl (C=O) groups excluding carboxylic acids is 2. The van der Waals surface area contributed by atoms with Gasteiger partial charge in [0.2, 0.25) is 0 Å². The largest absolute Gasteiger partial charge is 0.493 e. The third-order valence-corrected chi connectivity index (χ3v) is 6.69. The van der Waals surface area contributed by atoms with Crippen molar-refractivity contribution in [1.82, 2.24) is 10.2 Å². The molecule has 1 saturated heterocycles. The number of halogens is 3. The van der Waals surface area contributed by atoms with Crippen molar-refractivity contribution in [2.75, 3.05) is 13.2 Å². The normalized spacial score (nSPS) is 17.8. The molecule has 1 aliphatic rings. The lowest BCUT2D eigenvalue weighted by molar-refractivity contribution is -0.136. The summed E-state index contributed by atoms with van der Waals surface area (Å²) in [5, 5.41) is 2.60. The fraction of sp³-hybridized carbons (Fsp3) is 0.393. The minimum Gasteiger partial charge on any atom is -0.493 e. The molecule has 3 aromatic rings. The maximum absolute atomic E-state index is 13.5. The maximum atomic E-state index is 13.5. The standard InChI is InChI=1S/C28H29F3N2O5/c1-3-10-20-22(14-13-19-21(28(29,30)31)17-23(34)38-24(19)20)37-16-9-5-8-15-33-25(35)27(2,32-26(33)36)18-11-6-4-7-12-18/h4,6-7,11-14,17H,3,5,8-10,15-16H2,1-2H3,(H,32,36). The lowest BCUT2D eigenvalue weighted by Gasteiger charge is -2.22. The molecule has 38 heavy (non-hydrogen) atoms. The molecule has 1 N–H and O–H groups in total. The number of fused-ring (bicyclic) bond motifs is 1. The SMILES string of the molecule is CCCc1c(OCCCCCN2C(=O)NC(C)(c3ccccc3)C2=O)ccc2c(C(F)(F)F)cc(=O)oc12. The molecular formula is C28H29F3N2O5. The van der Waals surface area contributed by atoms with E-state index in [-0.39, 0.29) is 30.0 Å². The molecule has 2 heterocycles. The summed E-state index contributed by atoms with van der Waals surface area (Å²) in [6.07, 6.45) is -1.88. The van der Waals surface area contributed by atoms with Crippen molar-refractivity contribution in [2.24, 2.45) is 0 Å². The van der Waals surface area contributed by atoms with Gasteiger partial charge in [0.05, 0.1) is 12.2 Å². The van der Waals surface area contributed by atoms with E-state index in [1.165, 1.54) is 17.0 Å². The lowest BCUT2D eigenvalue weighted by atomic mass is 9.92. The summed E-state index contributed by atoms with van der Waals surface area (Å²) in [5.74, 6) is 0.0691. The van der Waals surface area contributed by atoms with Gasteiger partial charge in [-0.1, -0.05) is 43.7 Å². The van der Waals surface area contributed by atoms with Crippen LogP contribution in [-0.2, 0) is 22.9 Å². The minimum atomic E-state index is -4.69. The van der Waals surface area contributed by atoms with Crippen LogP contribution in [0.15, 0.2) is 57.7 Å². The van der Waals surface area contributed by atoms with Gasteiger partial charge in [0, 0.05) is 23.6 Å². The molecule has 1 atom stereocenters. The van der Waals surface area contributed by atoms with Crippen LogP contribution in [-0.4, -0.2) is 30.0 Å². The van der Waals surface area contributed by atoms with Crippen LogP contribution in [0.3, 0.4) is 0 Å². The first-order valence-electron chi connectivity index (χ1n) is 12.6. The predicted molar refractivity (Wildman–Crippen MR) is 135 cm³/mol. The van der Waals surface area contributed by atoms with Gasteiger partial charge < -0.3 is 14.5 Å². The van der Waals surface area contributed by atoms with Crippen molar-refractivity contribution < 1.29 is 31.9 Å². The lowest BCUT2D eigenvalue weighted by Crippen LogP contribution is -2.40. The average molecular weight is 531 g/mol. The number of unbranched alkanes of at least 4 members (excludes halogenated alkanes) is 2. The van der Waals surface area contributed by atoms with Gasteiger partial charge in [0.1, 0.15) is 16.9 Å². The van der Waals surface area contributed by atoms with E-state index in [1.807, 2.05) is 25.1 Å². The Balaban J connectivity index is 1.36. The molecule has 1 fully saturated rings. The molecule has 1 unspecified atom stereocenters. The molecule has 4 rings (SSSR count). The number of carbonyl (C=O) groups is 2. The highest BCUT2D eigenvalue weighted by atomic mass is 19.4. The maximum Gasteiger partial charge on any atom is 0.417 e. The average Bonchev–Trinajstić information content (AvgIpc) is 3.10. The van der Waals surface area contributed by atoms with Gasteiger partial charge in [-0.3, -0.25) is 9.69 Å². The van der Waals surface area contributed by atoms with Gasteiger partial charge in [0.15, 0.2) is 0 Å². The number of rotatable bonds is 10. The first-order chi connectivity index (χ1) is 18.1. The first kappa shape index (κ1) is 27.2. The minimum absolute atomic E-state index is 0.107. The van der Waals surface area contributed by atoms with Crippen molar-refractivity contribution in [3.8, 4) is 5.75 Å². The van der Waals surface area contributed by atoms with E-state index >= 15 is 0 Å². The summed E-state index contributed by atoms with van der Waals surface area (Å²) in [4.78, 5) is 38.5. The van der Waals surface area contributed by atoms with E-state index in [4.69, 9.17) is 9.15 Å². The van der Waals surface area contributed by atoms with Crippen LogP contribution in [0, 0.1) is 0 Å².